The predicted molar refractivity (Wildman–Crippen MR) is 103 cm³/mol. The lowest BCUT2D eigenvalue weighted by atomic mass is 9.89. The first-order valence-electron chi connectivity index (χ1n) is 9.51. The van der Waals surface area contributed by atoms with E-state index in [-0.39, 0.29) is 0 Å². The molecule has 2 aromatic heterocycles. The van der Waals surface area contributed by atoms with Crippen LogP contribution in [0.15, 0.2) is 12.4 Å². The van der Waals surface area contributed by atoms with E-state index in [1.54, 1.807) is 0 Å². The number of nitrogens with two attached hydrogens (primary N) is 1. The molecule has 0 unspecified atom stereocenters. The van der Waals surface area contributed by atoms with Crippen LogP contribution in [0, 0.1) is 5.41 Å². The van der Waals surface area contributed by atoms with E-state index in [1.807, 2.05) is 6.33 Å². The van der Waals surface area contributed by atoms with Crippen LogP contribution in [0.4, 0.5) is 5.82 Å². The molecule has 0 spiro atoms. The highest BCUT2D eigenvalue weighted by Crippen LogP contribution is 2.23. The molecule has 2 N–H and O–H groups in total. The number of anilines is 1. The van der Waals surface area contributed by atoms with Gasteiger partial charge in [-0.1, -0.05) is 53.4 Å². The van der Waals surface area contributed by atoms with Crippen molar-refractivity contribution >= 4 is 16.9 Å². The van der Waals surface area contributed by atoms with E-state index in [4.69, 9.17) is 5.73 Å². The van der Waals surface area contributed by atoms with E-state index < -0.39 is 0 Å². The number of unbranched alkanes of at least 4 members (excludes halogenated alkanes) is 4. The van der Waals surface area contributed by atoms with Crippen molar-refractivity contribution in [3.05, 3.63) is 18.1 Å². The van der Waals surface area contributed by atoms with Crippen LogP contribution in [0.5, 0.6) is 0 Å². The molecule has 2 heterocycles. The van der Waals surface area contributed by atoms with E-state index in [1.165, 1.54) is 44.9 Å². The number of rotatable bonds is 9. The fourth-order valence-corrected chi connectivity index (χ4v) is 3.11. The van der Waals surface area contributed by atoms with Crippen LogP contribution in [0.25, 0.3) is 11.0 Å². The van der Waals surface area contributed by atoms with Crippen LogP contribution in [0.2, 0.25) is 0 Å². The summed E-state index contributed by atoms with van der Waals surface area (Å²) in [5.41, 5.74) is 9.65. The van der Waals surface area contributed by atoms with Gasteiger partial charge in [0.05, 0.1) is 11.8 Å². The molecule has 24 heavy (non-hydrogen) atoms. The van der Waals surface area contributed by atoms with Gasteiger partial charge in [0.2, 0.25) is 0 Å². The first-order valence-corrected chi connectivity index (χ1v) is 9.51. The second-order valence-electron chi connectivity index (χ2n) is 8.13. The monoisotopic (exact) mass is 330 g/mol. The minimum atomic E-state index is 0.440. The Labute approximate surface area is 146 Å². The number of aryl methyl sites for hydroxylation is 2. The van der Waals surface area contributed by atoms with Gasteiger partial charge in [-0.05, 0) is 37.2 Å². The maximum Gasteiger partial charge on any atom is 0.151 e. The Bertz CT molecular complexity index is 637. The van der Waals surface area contributed by atoms with Crippen LogP contribution < -0.4 is 5.73 Å². The maximum atomic E-state index is 6.11. The molecule has 0 radical (unpaired) electrons. The van der Waals surface area contributed by atoms with Crippen molar-refractivity contribution < 1.29 is 0 Å². The summed E-state index contributed by atoms with van der Waals surface area (Å²) in [6.07, 6.45) is 11.6. The highest BCUT2D eigenvalue weighted by molar-refractivity contribution is 5.85. The molecular weight excluding hydrogens is 296 g/mol. The number of fused-ring (bicyclic) bond motifs is 1. The van der Waals surface area contributed by atoms with Crippen LogP contribution in [0.1, 0.15) is 78.3 Å². The maximum absolute atomic E-state index is 6.11. The molecule has 0 aromatic carbocycles. The minimum absolute atomic E-state index is 0.440. The summed E-state index contributed by atoms with van der Waals surface area (Å²) in [4.78, 5) is 8.99. The highest BCUT2D eigenvalue weighted by atomic mass is 15.1. The van der Waals surface area contributed by atoms with Gasteiger partial charge >= 0.3 is 0 Å². The zero-order valence-electron chi connectivity index (χ0n) is 15.9. The van der Waals surface area contributed by atoms with Crippen molar-refractivity contribution in [2.45, 2.75) is 85.6 Å². The third-order valence-electron chi connectivity index (χ3n) is 4.55. The van der Waals surface area contributed by atoms with Gasteiger partial charge in [0.25, 0.3) is 0 Å². The fraction of sp³-hybridized carbons (Fsp3) is 0.700. The number of imidazole rings is 1. The Hall–Kier alpha value is -1.58. The zero-order valence-corrected chi connectivity index (χ0v) is 15.9. The third kappa shape index (κ3) is 5.50. The second-order valence-corrected chi connectivity index (χ2v) is 8.13. The lowest BCUT2D eigenvalue weighted by molar-refractivity contribution is 0.356. The van der Waals surface area contributed by atoms with E-state index >= 15 is 0 Å². The highest BCUT2D eigenvalue weighted by Gasteiger charge is 2.11. The number of aromatic nitrogens is 3. The van der Waals surface area contributed by atoms with Gasteiger partial charge < -0.3 is 10.3 Å². The summed E-state index contributed by atoms with van der Waals surface area (Å²) in [7, 11) is 0. The topological polar surface area (TPSA) is 56.7 Å². The van der Waals surface area contributed by atoms with Crippen LogP contribution in [-0.4, -0.2) is 14.5 Å². The molecule has 0 atom stereocenters. The van der Waals surface area contributed by atoms with Gasteiger partial charge in [-0.2, -0.15) is 0 Å². The smallest absolute Gasteiger partial charge is 0.151 e. The standard InChI is InChI=1S/C20H34N4/c1-5-6-8-11-16-14-17-18(19(21)23-16)22-15-24(17)13-10-7-9-12-20(2,3)4/h14-15H,5-13H2,1-4H3,(H2,21,23). The van der Waals surface area contributed by atoms with E-state index in [9.17, 15) is 0 Å². The summed E-state index contributed by atoms with van der Waals surface area (Å²) in [6.45, 7) is 10.2. The summed E-state index contributed by atoms with van der Waals surface area (Å²) in [5.74, 6) is 0.575. The average molecular weight is 331 g/mol. The number of nitrogens with zero attached hydrogens (tertiary/aromatic N) is 3. The van der Waals surface area contributed by atoms with Gasteiger partial charge in [-0.25, -0.2) is 9.97 Å². The van der Waals surface area contributed by atoms with Crippen molar-refractivity contribution in [1.82, 2.24) is 14.5 Å². The molecule has 0 fully saturated rings. The van der Waals surface area contributed by atoms with Crippen LogP contribution in [0.3, 0.4) is 0 Å². The molecule has 0 saturated heterocycles. The van der Waals surface area contributed by atoms with Gasteiger partial charge in [-0.3, -0.25) is 0 Å². The second kappa shape index (κ2) is 8.50. The Kier molecular flexibility index (Phi) is 6.64. The number of hydrogen-bond acceptors (Lipinski definition) is 3. The van der Waals surface area contributed by atoms with Crippen molar-refractivity contribution in [3.8, 4) is 0 Å². The molecule has 4 nitrogen and oxygen atoms in total. The predicted octanol–water partition coefficient (Wildman–Crippen LogP) is 5.35. The molecular formula is C20H34N4. The number of hydrogen-bond donors (Lipinski definition) is 1. The van der Waals surface area contributed by atoms with E-state index in [0.29, 0.717) is 11.2 Å². The molecule has 0 aliphatic carbocycles. The summed E-state index contributed by atoms with van der Waals surface area (Å²) < 4.78 is 2.24. The van der Waals surface area contributed by atoms with Gasteiger partial charge in [-0.15, -0.1) is 0 Å². The SMILES string of the molecule is CCCCCc1cc2c(ncn2CCCCCC(C)(C)C)c(N)n1. The van der Waals surface area contributed by atoms with E-state index in [2.05, 4.69) is 48.3 Å². The Morgan fingerprint density at radius 1 is 1.08 bits per heavy atom. The number of nitrogen functional groups attached to an aromatic ring is 1. The van der Waals surface area contributed by atoms with Gasteiger partial charge in [0.15, 0.2) is 5.82 Å². The quantitative estimate of drug-likeness (QED) is 0.630. The Morgan fingerprint density at radius 2 is 1.88 bits per heavy atom. The van der Waals surface area contributed by atoms with Gasteiger partial charge in [0, 0.05) is 12.2 Å². The average Bonchev–Trinajstić information content (AvgIpc) is 2.90. The van der Waals surface area contributed by atoms with Crippen molar-refractivity contribution in [2.24, 2.45) is 5.41 Å². The molecule has 0 saturated carbocycles. The van der Waals surface area contributed by atoms with Gasteiger partial charge in [0.1, 0.15) is 5.52 Å². The summed E-state index contributed by atoms with van der Waals surface area (Å²) in [6, 6.07) is 2.18. The summed E-state index contributed by atoms with van der Waals surface area (Å²) in [5, 5.41) is 0. The molecule has 0 aliphatic heterocycles. The molecule has 0 aliphatic rings. The largest absolute Gasteiger partial charge is 0.382 e. The molecule has 2 aromatic rings. The van der Waals surface area contributed by atoms with Crippen LogP contribution in [-0.2, 0) is 13.0 Å². The third-order valence-corrected chi connectivity index (χ3v) is 4.55. The Balaban J connectivity index is 1.97. The zero-order chi connectivity index (χ0) is 17.6. The molecule has 2 rings (SSSR count). The Morgan fingerprint density at radius 3 is 2.58 bits per heavy atom. The molecule has 0 bridgehead atoms. The van der Waals surface area contributed by atoms with Crippen molar-refractivity contribution in [1.29, 1.82) is 0 Å². The first-order chi connectivity index (χ1) is 11.4. The molecule has 0 amide bonds. The fourth-order valence-electron chi connectivity index (χ4n) is 3.11. The summed E-state index contributed by atoms with van der Waals surface area (Å²) >= 11 is 0. The number of pyridine rings is 1. The van der Waals surface area contributed by atoms with Crippen molar-refractivity contribution in [2.75, 3.05) is 5.73 Å². The normalized spacial score (nSPS) is 12.2. The molecule has 134 valence electrons. The minimum Gasteiger partial charge on any atom is -0.382 e. The van der Waals surface area contributed by atoms with Crippen molar-refractivity contribution in [3.63, 3.8) is 0 Å². The first kappa shape index (κ1) is 18.8. The molecule has 4 heteroatoms. The lowest BCUT2D eigenvalue weighted by Crippen LogP contribution is -2.04. The van der Waals surface area contributed by atoms with Crippen LogP contribution >= 0.6 is 0 Å². The van der Waals surface area contributed by atoms with E-state index in [0.717, 1.165) is 29.7 Å². The lowest BCUT2D eigenvalue weighted by Gasteiger charge is -2.17.